The number of fused-ring (bicyclic) bond motifs is 1. The number of para-hydroxylation sites is 1. The second-order valence-electron chi connectivity index (χ2n) is 5.51. The minimum absolute atomic E-state index is 0.344. The standard InChI is InChI=1S/C16H25NO2/c1-4-8-17-14(11-12(2)3)13-6-5-7-15-16(13)19-10-9-18-15/h5-7,12,14,17H,4,8-11H2,1-3H3. The Morgan fingerprint density at radius 1 is 1.21 bits per heavy atom. The Labute approximate surface area is 116 Å². The molecule has 0 saturated carbocycles. The molecule has 1 N–H and O–H groups in total. The van der Waals surface area contributed by atoms with Gasteiger partial charge in [0.2, 0.25) is 0 Å². The molecule has 1 heterocycles. The quantitative estimate of drug-likeness (QED) is 0.851. The van der Waals surface area contributed by atoms with Crippen LogP contribution in [0.2, 0.25) is 0 Å². The molecule has 19 heavy (non-hydrogen) atoms. The molecule has 1 atom stereocenters. The maximum atomic E-state index is 5.83. The van der Waals surface area contributed by atoms with E-state index in [2.05, 4.69) is 38.2 Å². The van der Waals surface area contributed by atoms with Gasteiger partial charge in [-0.3, -0.25) is 0 Å². The van der Waals surface area contributed by atoms with Crippen LogP contribution in [0, 0.1) is 5.92 Å². The van der Waals surface area contributed by atoms with Crippen LogP contribution in [-0.2, 0) is 0 Å². The van der Waals surface area contributed by atoms with E-state index in [0.717, 1.165) is 30.9 Å². The van der Waals surface area contributed by atoms with Crippen LogP contribution in [0.25, 0.3) is 0 Å². The average Bonchev–Trinajstić information content (AvgIpc) is 2.42. The lowest BCUT2D eigenvalue weighted by atomic mass is 9.95. The summed E-state index contributed by atoms with van der Waals surface area (Å²) in [5.41, 5.74) is 1.24. The van der Waals surface area contributed by atoms with Gasteiger partial charge >= 0.3 is 0 Å². The summed E-state index contributed by atoms with van der Waals surface area (Å²) in [5.74, 6) is 2.47. The molecule has 0 saturated heterocycles. The maximum Gasteiger partial charge on any atom is 0.166 e. The van der Waals surface area contributed by atoms with Crippen molar-refractivity contribution in [2.24, 2.45) is 5.92 Å². The van der Waals surface area contributed by atoms with E-state index in [0.29, 0.717) is 25.2 Å². The summed E-state index contributed by atoms with van der Waals surface area (Å²) >= 11 is 0. The van der Waals surface area contributed by atoms with E-state index in [9.17, 15) is 0 Å². The van der Waals surface area contributed by atoms with Crippen molar-refractivity contribution in [3.63, 3.8) is 0 Å². The van der Waals surface area contributed by atoms with Gasteiger partial charge in [0.05, 0.1) is 0 Å². The topological polar surface area (TPSA) is 30.5 Å². The van der Waals surface area contributed by atoms with Crippen molar-refractivity contribution in [2.45, 2.75) is 39.7 Å². The van der Waals surface area contributed by atoms with Gasteiger partial charge in [-0.15, -0.1) is 0 Å². The molecule has 3 nitrogen and oxygen atoms in total. The van der Waals surface area contributed by atoms with Crippen LogP contribution >= 0.6 is 0 Å². The fraction of sp³-hybridized carbons (Fsp3) is 0.625. The molecule has 2 rings (SSSR count). The number of hydrogen-bond donors (Lipinski definition) is 1. The molecular weight excluding hydrogens is 238 g/mol. The summed E-state index contributed by atoms with van der Waals surface area (Å²) in [6.45, 7) is 9.03. The number of rotatable bonds is 6. The highest BCUT2D eigenvalue weighted by molar-refractivity contribution is 5.48. The molecule has 1 aromatic carbocycles. The largest absolute Gasteiger partial charge is 0.486 e. The molecule has 0 amide bonds. The third kappa shape index (κ3) is 3.63. The normalized spacial score (nSPS) is 15.6. The molecule has 0 aliphatic carbocycles. The third-order valence-corrected chi connectivity index (χ3v) is 3.32. The molecule has 106 valence electrons. The molecular formula is C16H25NO2. The number of nitrogens with one attached hydrogen (secondary N) is 1. The van der Waals surface area contributed by atoms with Crippen molar-refractivity contribution in [3.8, 4) is 11.5 Å². The van der Waals surface area contributed by atoms with E-state index < -0.39 is 0 Å². The van der Waals surface area contributed by atoms with Crippen molar-refractivity contribution >= 4 is 0 Å². The predicted molar refractivity (Wildman–Crippen MR) is 77.9 cm³/mol. The minimum atomic E-state index is 0.344. The molecule has 1 aliphatic rings. The smallest absolute Gasteiger partial charge is 0.166 e. The first-order valence-corrected chi connectivity index (χ1v) is 7.34. The van der Waals surface area contributed by atoms with Crippen molar-refractivity contribution in [1.82, 2.24) is 5.32 Å². The van der Waals surface area contributed by atoms with Crippen LogP contribution in [0.5, 0.6) is 11.5 Å². The second-order valence-corrected chi connectivity index (χ2v) is 5.51. The van der Waals surface area contributed by atoms with Crippen LogP contribution in [0.1, 0.15) is 45.2 Å². The van der Waals surface area contributed by atoms with Crippen LogP contribution in [0.3, 0.4) is 0 Å². The molecule has 1 aromatic rings. The lowest BCUT2D eigenvalue weighted by molar-refractivity contribution is 0.168. The van der Waals surface area contributed by atoms with Gasteiger partial charge in [0, 0.05) is 11.6 Å². The minimum Gasteiger partial charge on any atom is -0.486 e. The summed E-state index contributed by atoms with van der Waals surface area (Å²) < 4.78 is 11.5. The monoisotopic (exact) mass is 263 g/mol. The Balaban J connectivity index is 2.24. The highest BCUT2D eigenvalue weighted by atomic mass is 16.6. The van der Waals surface area contributed by atoms with E-state index in [4.69, 9.17) is 9.47 Å². The van der Waals surface area contributed by atoms with Gasteiger partial charge in [0.1, 0.15) is 13.2 Å². The molecule has 3 heteroatoms. The fourth-order valence-electron chi connectivity index (χ4n) is 2.48. The van der Waals surface area contributed by atoms with Crippen LogP contribution < -0.4 is 14.8 Å². The Morgan fingerprint density at radius 2 is 2.00 bits per heavy atom. The maximum absolute atomic E-state index is 5.83. The van der Waals surface area contributed by atoms with Crippen LogP contribution in [0.4, 0.5) is 0 Å². The Morgan fingerprint density at radius 3 is 2.74 bits per heavy atom. The van der Waals surface area contributed by atoms with Crippen molar-refractivity contribution in [1.29, 1.82) is 0 Å². The average molecular weight is 263 g/mol. The van der Waals surface area contributed by atoms with E-state index >= 15 is 0 Å². The number of ether oxygens (including phenoxy) is 2. The second kappa shape index (κ2) is 6.80. The summed E-state index contributed by atoms with van der Waals surface area (Å²) in [5, 5.41) is 3.63. The Kier molecular flexibility index (Phi) is 5.08. The third-order valence-electron chi connectivity index (χ3n) is 3.32. The van der Waals surface area contributed by atoms with Gasteiger partial charge in [-0.1, -0.05) is 32.9 Å². The number of hydrogen-bond acceptors (Lipinski definition) is 3. The van der Waals surface area contributed by atoms with Crippen LogP contribution in [-0.4, -0.2) is 19.8 Å². The number of benzene rings is 1. The van der Waals surface area contributed by atoms with E-state index in [1.807, 2.05) is 6.07 Å². The first-order chi connectivity index (χ1) is 9.22. The van der Waals surface area contributed by atoms with Gasteiger partial charge in [-0.05, 0) is 31.4 Å². The molecule has 0 radical (unpaired) electrons. The van der Waals surface area contributed by atoms with Gasteiger partial charge < -0.3 is 14.8 Å². The Hall–Kier alpha value is -1.22. The van der Waals surface area contributed by atoms with E-state index in [-0.39, 0.29) is 0 Å². The van der Waals surface area contributed by atoms with Crippen molar-refractivity contribution < 1.29 is 9.47 Å². The summed E-state index contributed by atoms with van der Waals surface area (Å²) in [7, 11) is 0. The first-order valence-electron chi connectivity index (χ1n) is 7.34. The lowest BCUT2D eigenvalue weighted by Crippen LogP contribution is -2.25. The Bertz CT molecular complexity index is 404. The van der Waals surface area contributed by atoms with Crippen molar-refractivity contribution in [2.75, 3.05) is 19.8 Å². The lowest BCUT2D eigenvalue weighted by Gasteiger charge is -2.27. The molecule has 1 unspecified atom stereocenters. The van der Waals surface area contributed by atoms with E-state index in [1.54, 1.807) is 0 Å². The zero-order valence-electron chi connectivity index (χ0n) is 12.2. The van der Waals surface area contributed by atoms with Gasteiger partial charge in [-0.25, -0.2) is 0 Å². The molecule has 0 aromatic heterocycles. The SMILES string of the molecule is CCCNC(CC(C)C)c1cccc2c1OCCO2. The van der Waals surface area contributed by atoms with Crippen LogP contribution in [0.15, 0.2) is 18.2 Å². The summed E-state index contributed by atoms with van der Waals surface area (Å²) in [6, 6.07) is 6.55. The van der Waals surface area contributed by atoms with Gasteiger partial charge in [0.25, 0.3) is 0 Å². The highest BCUT2D eigenvalue weighted by Crippen LogP contribution is 2.38. The highest BCUT2D eigenvalue weighted by Gasteiger charge is 2.22. The zero-order valence-corrected chi connectivity index (χ0v) is 12.2. The molecule has 1 aliphatic heterocycles. The van der Waals surface area contributed by atoms with Crippen molar-refractivity contribution in [3.05, 3.63) is 23.8 Å². The molecule has 0 fully saturated rings. The fourth-order valence-corrected chi connectivity index (χ4v) is 2.48. The predicted octanol–water partition coefficient (Wildman–Crippen LogP) is 3.54. The van der Waals surface area contributed by atoms with E-state index in [1.165, 1.54) is 5.56 Å². The first kappa shape index (κ1) is 14.2. The zero-order chi connectivity index (χ0) is 13.7. The molecule has 0 spiro atoms. The summed E-state index contributed by atoms with van der Waals surface area (Å²) in [4.78, 5) is 0. The van der Waals surface area contributed by atoms with Gasteiger partial charge in [0.15, 0.2) is 11.5 Å². The summed E-state index contributed by atoms with van der Waals surface area (Å²) in [6.07, 6.45) is 2.25. The molecule has 0 bridgehead atoms. The van der Waals surface area contributed by atoms with Gasteiger partial charge in [-0.2, -0.15) is 0 Å².